The van der Waals surface area contributed by atoms with Crippen LogP contribution < -0.4 is 5.73 Å². The van der Waals surface area contributed by atoms with Crippen LogP contribution in [0.15, 0.2) is 0 Å². The maximum absolute atomic E-state index is 12.7. The predicted molar refractivity (Wildman–Crippen MR) is 76.9 cm³/mol. The molecule has 2 aliphatic rings. The summed E-state index contributed by atoms with van der Waals surface area (Å²) in [7, 11) is -3.21. The standard InChI is InChI=1S/C12H22N2O2S2/c13-12(17)11-8-4-5-9-14(11)18(15,16)10-6-2-1-3-7-10/h10-11H,1-9H2,(H2,13,17). The van der Waals surface area contributed by atoms with Gasteiger partial charge in [0.1, 0.15) is 0 Å². The van der Waals surface area contributed by atoms with Crippen molar-refractivity contribution in [2.75, 3.05) is 6.54 Å². The lowest BCUT2D eigenvalue weighted by molar-refractivity contribution is 0.298. The first-order valence-corrected chi connectivity index (χ1v) is 8.74. The molecule has 2 fully saturated rings. The normalized spacial score (nSPS) is 28.1. The minimum absolute atomic E-state index is 0.207. The predicted octanol–water partition coefficient (Wildman–Crippen LogP) is 1.79. The Morgan fingerprint density at radius 2 is 1.67 bits per heavy atom. The van der Waals surface area contributed by atoms with Gasteiger partial charge in [0.25, 0.3) is 0 Å². The van der Waals surface area contributed by atoms with Crippen LogP contribution in [0.4, 0.5) is 0 Å². The summed E-state index contributed by atoms with van der Waals surface area (Å²) < 4.78 is 26.9. The molecule has 0 aromatic carbocycles. The highest BCUT2D eigenvalue weighted by atomic mass is 32.2. The maximum atomic E-state index is 12.7. The summed E-state index contributed by atoms with van der Waals surface area (Å²) in [6.45, 7) is 0.584. The van der Waals surface area contributed by atoms with Crippen molar-refractivity contribution in [1.29, 1.82) is 0 Å². The van der Waals surface area contributed by atoms with Crippen LogP contribution in [-0.4, -0.2) is 35.5 Å². The fourth-order valence-corrected chi connectivity index (χ4v) is 5.63. The highest BCUT2D eigenvalue weighted by Crippen LogP contribution is 2.30. The van der Waals surface area contributed by atoms with Crippen LogP contribution in [0.2, 0.25) is 0 Å². The molecule has 1 aliphatic carbocycles. The molecule has 2 rings (SSSR count). The summed E-state index contributed by atoms with van der Waals surface area (Å²) in [6.07, 6.45) is 7.51. The van der Waals surface area contributed by atoms with Crippen LogP contribution in [0.1, 0.15) is 51.4 Å². The lowest BCUT2D eigenvalue weighted by atomic mass is 10.0. The molecule has 1 unspecified atom stereocenters. The molecule has 2 N–H and O–H groups in total. The SMILES string of the molecule is NC(=S)C1CCCCN1S(=O)(=O)C1CCCCC1. The molecule has 1 heterocycles. The first-order valence-electron chi connectivity index (χ1n) is 6.83. The van der Waals surface area contributed by atoms with Crippen molar-refractivity contribution >= 4 is 27.2 Å². The van der Waals surface area contributed by atoms with Gasteiger partial charge in [0.05, 0.1) is 16.3 Å². The van der Waals surface area contributed by atoms with E-state index in [1.54, 1.807) is 4.31 Å². The minimum Gasteiger partial charge on any atom is -0.392 e. The van der Waals surface area contributed by atoms with Gasteiger partial charge in [-0.3, -0.25) is 0 Å². The number of piperidine rings is 1. The number of hydrogen-bond donors (Lipinski definition) is 1. The Labute approximate surface area is 115 Å². The summed E-state index contributed by atoms with van der Waals surface area (Å²) in [5, 5.41) is -0.207. The van der Waals surface area contributed by atoms with Crippen LogP contribution in [0.5, 0.6) is 0 Å². The molecule has 104 valence electrons. The molecule has 4 nitrogen and oxygen atoms in total. The van der Waals surface area contributed by atoms with Crippen LogP contribution in [0.3, 0.4) is 0 Å². The van der Waals surface area contributed by atoms with Gasteiger partial charge >= 0.3 is 0 Å². The summed E-state index contributed by atoms with van der Waals surface area (Å²) >= 11 is 5.03. The Balaban J connectivity index is 2.18. The van der Waals surface area contributed by atoms with Gasteiger partial charge in [-0.1, -0.05) is 37.9 Å². The van der Waals surface area contributed by atoms with Crippen molar-refractivity contribution in [3.63, 3.8) is 0 Å². The van der Waals surface area contributed by atoms with Gasteiger partial charge in [0.2, 0.25) is 10.0 Å². The number of hydrogen-bond acceptors (Lipinski definition) is 3. The number of nitrogens with two attached hydrogens (primary N) is 1. The minimum atomic E-state index is -3.21. The summed E-state index contributed by atoms with van der Waals surface area (Å²) in [5.74, 6) is 0. The van der Waals surface area contributed by atoms with E-state index in [1.807, 2.05) is 0 Å². The molecule has 0 amide bonds. The van der Waals surface area contributed by atoms with Crippen molar-refractivity contribution in [3.05, 3.63) is 0 Å². The van der Waals surface area contributed by atoms with E-state index in [2.05, 4.69) is 0 Å². The van der Waals surface area contributed by atoms with E-state index in [0.29, 0.717) is 11.5 Å². The first kappa shape index (κ1) is 14.2. The monoisotopic (exact) mass is 290 g/mol. The second-order valence-electron chi connectivity index (χ2n) is 5.33. The summed E-state index contributed by atoms with van der Waals surface area (Å²) in [4.78, 5) is 0.328. The highest BCUT2D eigenvalue weighted by molar-refractivity contribution is 7.89. The molecule has 18 heavy (non-hydrogen) atoms. The van der Waals surface area contributed by atoms with Crippen molar-refractivity contribution in [2.45, 2.75) is 62.7 Å². The van der Waals surface area contributed by atoms with E-state index in [0.717, 1.165) is 51.4 Å². The third-order valence-electron chi connectivity index (χ3n) is 4.08. The zero-order chi connectivity index (χ0) is 13.2. The van der Waals surface area contributed by atoms with Crippen LogP contribution in [0, 0.1) is 0 Å². The number of nitrogens with zero attached hydrogens (tertiary/aromatic N) is 1. The molecule has 6 heteroatoms. The van der Waals surface area contributed by atoms with Crippen molar-refractivity contribution in [1.82, 2.24) is 4.31 Å². The van der Waals surface area contributed by atoms with Crippen molar-refractivity contribution in [2.24, 2.45) is 5.73 Å². The molecule has 1 aliphatic heterocycles. The molecule has 0 aromatic rings. The number of rotatable bonds is 3. The largest absolute Gasteiger partial charge is 0.392 e. The van der Waals surface area contributed by atoms with Gasteiger partial charge < -0.3 is 5.73 Å². The van der Waals surface area contributed by atoms with E-state index < -0.39 is 10.0 Å². The van der Waals surface area contributed by atoms with Gasteiger partial charge in [-0.25, -0.2) is 8.42 Å². The Morgan fingerprint density at radius 3 is 2.28 bits per heavy atom. The number of thiocarbonyl (C=S) groups is 1. The third-order valence-corrected chi connectivity index (χ3v) is 6.76. The third kappa shape index (κ3) is 2.86. The Morgan fingerprint density at radius 1 is 1.06 bits per heavy atom. The van der Waals surface area contributed by atoms with Crippen LogP contribution in [-0.2, 0) is 10.0 Å². The van der Waals surface area contributed by atoms with Crippen molar-refractivity contribution in [3.8, 4) is 0 Å². The lowest BCUT2D eigenvalue weighted by Crippen LogP contribution is -2.52. The summed E-state index contributed by atoms with van der Waals surface area (Å²) in [5.41, 5.74) is 5.71. The van der Waals surface area contributed by atoms with Gasteiger partial charge in [-0.15, -0.1) is 0 Å². The van der Waals surface area contributed by atoms with E-state index in [9.17, 15) is 8.42 Å². The molecular formula is C12H22N2O2S2. The molecule has 1 saturated carbocycles. The molecule has 0 radical (unpaired) electrons. The highest BCUT2D eigenvalue weighted by Gasteiger charge is 2.39. The zero-order valence-electron chi connectivity index (χ0n) is 10.7. The Kier molecular flexibility index (Phi) is 4.61. The van der Waals surface area contributed by atoms with Crippen LogP contribution in [0.25, 0.3) is 0 Å². The Bertz CT molecular complexity index is 402. The number of sulfonamides is 1. The fraction of sp³-hybridized carbons (Fsp3) is 0.917. The zero-order valence-corrected chi connectivity index (χ0v) is 12.3. The molecule has 0 aromatic heterocycles. The van der Waals surface area contributed by atoms with E-state index in [-0.39, 0.29) is 11.3 Å². The second kappa shape index (κ2) is 5.84. The molecular weight excluding hydrogens is 268 g/mol. The molecule has 1 saturated heterocycles. The Hall–Kier alpha value is -0.200. The van der Waals surface area contributed by atoms with E-state index >= 15 is 0 Å². The quantitative estimate of drug-likeness (QED) is 0.805. The average molecular weight is 290 g/mol. The maximum Gasteiger partial charge on any atom is 0.217 e. The fourth-order valence-electron chi connectivity index (χ4n) is 3.05. The molecule has 0 spiro atoms. The lowest BCUT2D eigenvalue weighted by Gasteiger charge is -2.37. The van der Waals surface area contributed by atoms with E-state index in [1.165, 1.54) is 0 Å². The second-order valence-corrected chi connectivity index (χ2v) is 7.97. The topological polar surface area (TPSA) is 63.4 Å². The van der Waals surface area contributed by atoms with Gasteiger partial charge in [0.15, 0.2) is 0 Å². The smallest absolute Gasteiger partial charge is 0.217 e. The van der Waals surface area contributed by atoms with Gasteiger partial charge in [-0.2, -0.15) is 4.31 Å². The first-order chi connectivity index (χ1) is 8.53. The molecule has 0 bridgehead atoms. The van der Waals surface area contributed by atoms with Gasteiger partial charge in [0, 0.05) is 6.54 Å². The molecule has 1 atom stereocenters. The van der Waals surface area contributed by atoms with Crippen molar-refractivity contribution < 1.29 is 8.42 Å². The van der Waals surface area contributed by atoms with Gasteiger partial charge in [-0.05, 0) is 25.7 Å². The average Bonchev–Trinajstić information content (AvgIpc) is 2.39. The van der Waals surface area contributed by atoms with E-state index in [4.69, 9.17) is 18.0 Å². The van der Waals surface area contributed by atoms with Crippen LogP contribution >= 0.6 is 12.2 Å². The summed E-state index contributed by atoms with van der Waals surface area (Å²) in [6, 6.07) is -0.249.